The maximum absolute atomic E-state index is 14.2. The zero-order chi connectivity index (χ0) is 25.1. The lowest BCUT2D eigenvalue weighted by Gasteiger charge is -2.36. The van der Waals surface area contributed by atoms with Crippen LogP contribution >= 0.6 is 12.4 Å². The fourth-order valence-electron chi connectivity index (χ4n) is 5.04. The van der Waals surface area contributed by atoms with E-state index in [1.807, 2.05) is 66.7 Å². The maximum Gasteiger partial charge on any atom is 0.328 e. The zero-order valence-corrected chi connectivity index (χ0v) is 21.7. The lowest BCUT2D eigenvalue weighted by atomic mass is 9.88. The third kappa shape index (κ3) is 5.44. The van der Waals surface area contributed by atoms with Crippen molar-refractivity contribution in [2.75, 3.05) is 7.11 Å². The molecule has 0 radical (unpaired) electrons. The number of amides is 1. The van der Waals surface area contributed by atoms with E-state index in [1.54, 1.807) is 11.2 Å². The van der Waals surface area contributed by atoms with Gasteiger partial charge in [0.15, 0.2) is 0 Å². The SMILES string of the molecule is COC(=O)[C@@H]1Cc2c(ncn2Cc2cccc(C)c2)CN1C(=O)C(c1ccccc1)c1ccccc1.Cl. The van der Waals surface area contributed by atoms with E-state index >= 15 is 0 Å². The molecule has 1 amide bonds. The van der Waals surface area contributed by atoms with Crippen molar-refractivity contribution in [2.24, 2.45) is 0 Å². The fraction of sp³-hybridized carbons (Fsp3) is 0.233. The summed E-state index contributed by atoms with van der Waals surface area (Å²) in [5.41, 5.74) is 5.90. The number of aromatic nitrogens is 2. The summed E-state index contributed by atoms with van der Waals surface area (Å²) in [4.78, 5) is 33.4. The Balaban J connectivity index is 0.00000320. The van der Waals surface area contributed by atoms with Crippen molar-refractivity contribution in [1.82, 2.24) is 14.5 Å². The first-order chi connectivity index (χ1) is 17.5. The lowest BCUT2D eigenvalue weighted by molar-refractivity contribution is -0.154. The summed E-state index contributed by atoms with van der Waals surface area (Å²) in [5, 5.41) is 0. The van der Waals surface area contributed by atoms with Gasteiger partial charge in [-0.3, -0.25) is 4.79 Å². The molecule has 0 unspecified atom stereocenters. The Labute approximate surface area is 223 Å². The number of benzene rings is 3. The smallest absolute Gasteiger partial charge is 0.328 e. The van der Waals surface area contributed by atoms with Crippen LogP contribution in [-0.4, -0.2) is 39.5 Å². The van der Waals surface area contributed by atoms with Gasteiger partial charge < -0.3 is 14.2 Å². The van der Waals surface area contributed by atoms with E-state index in [9.17, 15) is 9.59 Å². The van der Waals surface area contributed by atoms with Crippen molar-refractivity contribution in [2.45, 2.75) is 38.4 Å². The third-order valence-electron chi connectivity index (χ3n) is 6.82. The maximum atomic E-state index is 14.2. The summed E-state index contributed by atoms with van der Waals surface area (Å²) in [7, 11) is 1.37. The quantitative estimate of drug-likeness (QED) is 0.342. The molecular weight excluding hydrogens is 486 g/mol. The van der Waals surface area contributed by atoms with Gasteiger partial charge in [0.25, 0.3) is 0 Å². The largest absolute Gasteiger partial charge is 0.467 e. The van der Waals surface area contributed by atoms with Gasteiger partial charge in [0.05, 0.1) is 31.6 Å². The molecule has 37 heavy (non-hydrogen) atoms. The Bertz CT molecular complexity index is 1330. The molecule has 0 aliphatic carbocycles. The molecule has 0 spiro atoms. The van der Waals surface area contributed by atoms with Gasteiger partial charge in [0, 0.05) is 18.7 Å². The van der Waals surface area contributed by atoms with Crippen LogP contribution in [0.2, 0.25) is 0 Å². The van der Waals surface area contributed by atoms with E-state index in [1.165, 1.54) is 12.7 Å². The van der Waals surface area contributed by atoms with Crippen molar-refractivity contribution >= 4 is 24.3 Å². The first-order valence-electron chi connectivity index (χ1n) is 12.1. The number of methoxy groups -OCH3 is 1. The number of aryl methyl sites for hydroxylation is 1. The second-order valence-electron chi connectivity index (χ2n) is 9.22. The molecule has 0 saturated carbocycles. The number of hydrogen-bond donors (Lipinski definition) is 0. The van der Waals surface area contributed by atoms with Crippen LogP contribution < -0.4 is 0 Å². The Morgan fingerprint density at radius 1 is 0.973 bits per heavy atom. The number of fused-ring (bicyclic) bond motifs is 1. The van der Waals surface area contributed by atoms with Crippen molar-refractivity contribution in [3.63, 3.8) is 0 Å². The summed E-state index contributed by atoms with van der Waals surface area (Å²) in [6.45, 7) is 2.98. The predicted octanol–water partition coefficient (Wildman–Crippen LogP) is 4.92. The summed E-state index contributed by atoms with van der Waals surface area (Å²) in [6, 6.07) is 27.0. The predicted molar refractivity (Wildman–Crippen MR) is 145 cm³/mol. The second-order valence-corrected chi connectivity index (χ2v) is 9.22. The highest BCUT2D eigenvalue weighted by Crippen LogP contribution is 2.32. The molecule has 0 N–H and O–H groups in total. The Hall–Kier alpha value is -3.90. The highest BCUT2D eigenvalue weighted by atomic mass is 35.5. The Morgan fingerprint density at radius 3 is 2.22 bits per heavy atom. The van der Waals surface area contributed by atoms with Gasteiger partial charge in [-0.15, -0.1) is 12.4 Å². The van der Waals surface area contributed by atoms with Gasteiger partial charge in [-0.05, 0) is 23.6 Å². The Kier molecular flexibility index (Phi) is 8.09. The number of halogens is 1. The third-order valence-corrected chi connectivity index (χ3v) is 6.82. The molecule has 6 nitrogen and oxygen atoms in total. The van der Waals surface area contributed by atoms with Gasteiger partial charge in [-0.1, -0.05) is 90.5 Å². The van der Waals surface area contributed by atoms with Gasteiger partial charge in [-0.25, -0.2) is 9.78 Å². The van der Waals surface area contributed by atoms with Crippen LogP contribution in [0.1, 0.15) is 39.6 Å². The number of imidazole rings is 1. The average molecular weight is 516 g/mol. The van der Waals surface area contributed by atoms with E-state index in [0.717, 1.165) is 28.1 Å². The molecule has 5 rings (SSSR count). The second kappa shape index (κ2) is 11.4. The number of ether oxygens (including phenoxy) is 1. The summed E-state index contributed by atoms with van der Waals surface area (Å²) >= 11 is 0. The van der Waals surface area contributed by atoms with Crippen LogP contribution in [-0.2, 0) is 33.8 Å². The molecule has 7 heteroatoms. The number of nitrogens with zero attached hydrogens (tertiary/aromatic N) is 3. The number of carbonyl (C=O) groups is 2. The molecule has 0 fully saturated rings. The first-order valence-corrected chi connectivity index (χ1v) is 12.1. The normalized spacial score (nSPS) is 14.6. The molecule has 1 atom stereocenters. The van der Waals surface area contributed by atoms with Crippen LogP contribution in [0.25, 0.3) is 0 Å². The van der Waals surface area contributed by atoms with Crippen LogP contribution in [0.4, 0.5) is 0 Å². The van der Waals surface area contributed by atoms with Gasteiger partial charge >= 0.3 is 5.97 Å². The first kappa shape index (κ1) is 26.2. The highest BCUT2D eigenvalue weighted by Gasteiger charge is 2.40. The Morgan fingerprint density at radius 2 is 1.62 bits per heavy atom. The molecular formula is C30H30ClN3O3. The fourth-order valence-corrected chi connectivity index (χ4v) is 5.04. The molecule has 0 saturated heterocycles. The topological polar surface area (TPSA) is 64.4 Å². The molecule has 190 valence electrons. The van der Waals surface area contributed by atoms with E-state index in [-0.39, 0.29) is 24.9 Å². The number of carbonyl (C=O) groups excluding carboxylic acids is 2. The van der Waals surface area contributed by atoms with Gasteiger partial charge in [0.2, 0.25) is 5.91 Å². The monoisotopic (exact) mass is 515 g/mol. The molecule has 4 aromatic rings. The molecule has 3 aromatic carbocycles. The van der Waals surface area contributed by atoms with Crippen LogP contribution in [0.15, 0.2) is 91.3 Å². The molecule has 2 heterocycles. The number of rotatable bonds is 6. The number of hydrogen-bond acceptors (Lipinski definition) is 4. The van der Waals surface area contributed by atoms with Gasteiger partial charge in [-0.2, -0.15) is 0 Å². The summed E-state index contributed by atoms with van der Waals surface area (Å²) < 4.78 is 7.24. The van der Waals surface area contributed by atoms with Crippen molar-refractivity contribution < 1.29 is 14.3 Å². The van der Waals surface area contributed by atoms with Gasteiger partial charge in [0.1, 0.15) is 6.04 Å². The summed E-state index contributed by atoms with van der Waals surface area (Å²) in [6.07, 6.45) is 2.16. The highest BCUT2D eigenvalue weighted by molar-refractivity contribution is 5.91. The van der Waals surface area contributed by atoms with Crippen molar-refractivity contribution in [3.8, 4) is 0 Å². The molecule has 1 aromatic heterocycles. The molecule has 1 aliphatic heterocycles. The summed E-state index contributed by atoms with van der Waals surface area (Å²) in [5.74, 6) is -1.09. The van der Waals surface area contributed by atoms with Crippen LogP contribution in [0.5, 0.6) is 0 Å². The minimum absolute atomic E-state index is 0. The minimum Gasteiger partial charge on any atom is -0.467 e. The van der Waals surface area contributed by atoms with Crippen molar-refractivity contribution in [1.29, 1.82) is 0 Å². The lowest BCUT2D eigenvalue weighted by Crippen LogP contribution is -2.51. The molecule has 0 bridgehead atoms. The molecule has 1 aliphatic rings. The van der Waals surface area contributed by atoms with E-state index < -0.39 is 17.9 Å². The minimum atomic E-state index is -0.724. The van der Waals surface area contributed by atoms with E-state index in [4.69, 9.17) is 4.74 Å². The zero-order valence-electron chi connectivity index (χ0n) is 20.9. The van der Waals surface area contributed by atoms with Crippen LogP contribution in [0, 0.1) is 6.92 Å². The van der Waals surface area contributed by atoms with E-state index in [2.05, 4.69) is 34.7 Å². The standard InChI is InChI=1S/C30H29N3O3.ClH/c1-21-10-9-11-22(16-21)18-32-20-31-25-19-33(27(17-26(25)32)30(35)36-2)29(34)28(23-12-5-3-6-13-23)24-14-7-4-8-15-24;/h3-16,20,27-28H,17-19H2,1-2H3;1H/t27-;/m0./s1. The number of esters is 1. The average Bonchev–Trinajstić information content (AvgIpc) is 3.30. The van der Waals surface area contributed by atoms with E-state index in [0.29, 0.717) is 13.0 Å². The van der Waals surface area contributed by atoms with Crippen molar-refractivity contribution in [3.05, 3.63) is 125 Å². The van der Waals surface area contributed by atoms with Crippen LogP contribution in [0.3, 0.4) is 0 Å².